The van der Waals surface area contributed by atoms with Gasteiger partial charge >= 0.3 is 0 Å². The second kappa shape index (κ2) is 6.07. The van der Waals surface area contributed by atoms with Gasteiger partial charge in [0, 0.05) is 12.6 Å². The van der Waals surface area contributed by atoms with Gasteiger partial charge in [0.2, 0.25) is 0 Å². The fraction of sp³-hybridized carbons (Fsp3) is 0.600. The van der Waals surface area contributed by atoms with Crippen molar-refractivity contribution in [1.82, 2.24) is 5.32 Å². The summed E-state index contributed by atoms with van der Waals surface area (Å²) in [5.74, 6) is 1.88. The standard InChI is InChI=1S/C15H22BrNO/c1-10-4-3-5-14(11(10)2)17-9-12-6-7-15(18)13(16)8-12/h6-8,10-11,14,17-18H,3-5,9H2,1-2H3. The van der Waals surface area contributed by atoms with Crippen LogP contribution in [-0.2, 0) is 6.54 Å². The van der Waals surface area contributed by atoms with Crippen molar-refractivity contribution in [2.75, 3.05) is 0 Å². The van der Waals surface area contributed by atoms with E-state index < -0.39 is 0 Å². The number of hydrogen-bond acceptors (Lipinski definition) is 2. The molecule has 1 aromatic rings. The molecule has 0 radical (unpaired) electrons. The summed E-state index contributed by atoms with van der Waals surface area (Å²) >= 11 is 3.36. The maximum absolute atomic E-state index is 9.47. The maximum Gasteiger partial charge on any atom is 0.129 e. The highest BCUT2D eigenvalue weighted by Crippen LogP contribution is 2.30. The van der Waals surface area contributed by atoms with Gasteiger partial charge in [-0.25, -0.2) is 0 Å². The Labute approximate surface area is 118 Å². The first kappa shape index (κ1) is 13.9. The van der Waals surface area contributed by atoms with Gasteiger partial charge in [0.05, 0.1) is 4.47 Å². The van der Waals surface area contributed by atoms with Crippen molar-refractivity contribution in [3.05, 3.63) is 28.2 Å². The van der Waals surface area contributed by atoms with Crippen LogP contribution in [0.3, 0.4) is 0 Å². The van der Waals surface area contributed by atoms with Gasteiger partial charge in [-0.15, -0.1) is 0 Å². The van der Waals surface area contributed by atoms with Gasteiger partial charge in [-0.2, -0.15) is 0 Å². The summed E-state index contributed by atoms with van der Waals surface area (Å²) in [6, 6.07) is 6.33. The summed E-state index contributed by atoms with van der Waals surface area (Å²) in [4.78, 5) is 0. The van der Waals surface area contributed by atoms with Gasteiger partial charge in [0.15, 0.2) is 0 Å². The van der Waals surface area contributed by atoms with Crippen LogP contribution in [0.5, 0.6) is 5.75 Å². The number of hydrogen-bond donors (Lipinski definition) is 2. The quantitative estimate of drug-likeness (QED) is 0.882. The van der Waals surface area contributed by atoms with Crippen LogP contribution in [0.1, 0.15) is 38.7 Å². The van der Waals surface area contributed by atoms with Crippen LogP contribution in [0.4, 0.5) is 0 Å². The molecule has 3 atom stereocenters. The van der Waals surface area contributed by atoms with E-state index >= 15 is 0 Å². The molecule has 2 rings (SSSR count). The Balaban J connectivity index is 1.92. The van der Waals surface area contributed by atoms with Crippen molar-refractivity contribution in [3.8, 4) is 5.75 Å². The van der Waals surface area contributed by atoms with Crippen LogP contribution >= 0.6 is 15.9 Å². The molecular formula is C15H22BrNO. The molecule has 18 heavy (non-hydrogen) atoms. The third kappa shape index (κ3) is 3.27. The zero-order valence-electron chi connectivity index (χ0n) is 11.1. The summed E-state index contributed by atoms with van der Waals surface area (Å²) < 4.78 is 0.770. The lowest BCUT2D eigenvalue weighted by Gasteiger charge is -2.34. The second-order valence-corrected chi connectivity index (χ2v) is 6.39. The van der Waals surface area contributed by atoms with E-state index in [0.717, 1.165) is 22.9 Å². The molecule has 3 unspecified atom stereocenters. The van der Waals surface area contributed by atoms with E-state index in [1.807, 2.05) is 12.1 Å². The minimum absolute atomic E-state index is 0.304. The van der Waals surface area contributed by atoms with Gasteiger partial charge in [0.1, 0.15) is 5.75 Å². The van der Waals surface area contributed by atoms with E-state index in [2.05, 4.69) is 35.1 Å². The molecule has 3 heteroatoms. The highest BCUT2D eigenvalue weighted by molar-refractivity contribution is 9.10. The van der Waals surface area contributed by atoms with Crippen molar-refractivity contribution >= 4 is 15.9 Å². The van der Waals surface area contributed by atoms with Crippen LogP contribution in [0.25, 0.3) is 0 Å². The van der Waals surface area contributed by atoms with Crippen molar-refractivity contribution in [1.29, 1.82) is 0 Å². The molecule has 1 aliphatic rings. The lowest BCUT2D eigenvalue weighted by Crippen LogP contribution is -2.40. The second-order valence-electron chi connectivity index (χ2n) is 5.54. The number of halogens is 1. The maximum atomic E-state index is 9.47. The van der Waals surface area contributed by atoms with Crippen molar-refractivity contribution in [3.63, 3.8) is 0 Å². The highest BCUT2D eigenvalue weighted by Gasteiger charge is 2.26. The van der Waals surface area contributed by atoms with Crippen molar-refractivity contribution < 1.29 is 5.11 Å². The molecule has 1 aliphatic carbocycles. The van der Waals surface area contributed by atoms with Gasteiger partial charge in [-0.3, -0.25) is 0 Å². The largest absolute Gasteiger partial charge is 0.507 e. The molecule has 0 amide bonds. The molecule has 1 saturated carbocycles. The van der Waals surface area contributed by atoms with Crippen molar-refractivity contribution in [2.45, 2.75) is 45.7 Å². The van der Waals surface area contributed by atoms with Crippen LogP contribution in [0.15, 0.2) is 22.7 Å². The molecule has 2 nitrogen and oxygen atoms in total. The van der Waals surface area contributed by atoms with Crippen LogP contribution < -0.4 is 5.32 Å². The average molecular weight is 312 g/mol. The Morgan fingerprint density at radius 1 is 1.33 bits per heavy atom. The smallest absolute Gasteiger partial charge is 0.129 e. The zero-order chi connectivity index (χ0) is 13.1. The van der Waals surface area contributed by atoms with E-state index in [1.54, 1.807) is 6.07 Å². The van der Waals surface area contributed by atoms with E-state index in [-0.39, 0.29) is 0 Å². The predicted octanol–water partition coefficient (Wildman–Crippen LogP) is 4.07. The minimum Gasteiger partial charge on any atom is -0.507 e. The number of phenols is 1. The first-order valence-corrected chi connectivity index (χ1v) is 7.58. The molecule has 0 saturated heterocycles. The number of phenolic OH excluding ortho intramolecular Hbond substituents is 1. The molecule has 0 spiro atoms. The molecule has 1 aromatic carbocycles. The topological polar surface area (TPSA) is 32.3 Å². The SMILES string of the molecule is CC1CCCC(NCc2ccc(O)c(Br)c2)C1C. The Morgan fingerprint density at radius 2 is 2.11 bits per heavy atom. The first-order chi connectivity index (χ1) is 8.58. The Hall–Kier alpha value is -0.540. The Morgan fingerprint density at radius 3 is 2.83 bits per heavy atom. The number of rotatable bonds is 3. The molecule has 0 bridgehead atoms. The molecule has 0 aliphatic heterocycles. The average Bonchev–Trinajstić information content (AvgIpc) is 2.35. The summed E-state index contributed by atoms with van der Waals surface area (Å²) in [5.41, 5.74) is 1.21. The van der Waals surface area contributed by atoms with Gasteiger partial charge in [0.25, 0.3) is 0 Å². The molecule has 0 heterocycles. The zero-order valence-corrected chi connectivity index (χ0v) is 12.7. The summed E-state index contributed by atoms with van der Waals surface area (Å²) in [6.07, 6.45) is 3.98. The number of nitrogens with one attached hydrogen (secondary N) is 1. The molecule has 2 N–H and O–H groups in total. The third-order valence-corrected chi connectivity index (χ3v) is 4.92. The van der Waals surface area contributed by atoms with E-state index in [9.17, 15) is 5.11 Å². The van der Waals surface area contributed by atoms with Crippen LogP contribution in [0.2, 0.25) is 0 Å². The van der Waals surface area contributed by atoms with E-state index in [1.165, 1.54) is 24.8 Å². The lowest BCUT2D eigenvalue weighted by molar-refractivity contribution is 0.206. The highest BCUT2D eigenvalue weighted by atomic mass is 79.9. The van der Waals surface area contributed by atoms with Gasteiger partial charge < -0.3 is 10.4 Å². The third-order valence-electron chi connectivity index (χ3n) is 4.29. The fourth-order valence-corrected chi connectivity index (χ4v) is 3.21. The molecule has 1 fully saturated rings. The predicted molar refractivity (Wildman–Crippen MR) is 78.6 cm³/mol. The Bertz CT molecular complexity index is 407. The molecular weight excluding hydrogens is 290 g/mol. The van der Waals surface area contributed by atoms with E-state index in [0.29, 0.717) is 11.8 Å². The van der Waals surface area contributed by atoms with Crippen LogP contribution in [0, 0.1) is 11.8 Å². The monoisotopic (exact) mass is 311 g/mol. The summed E-state index contributed by atoms with van der Waals surface area (Å²) in [5, 5.41) is 13.1. The van der Waals surface area contributed by atoms with Gasteiger partial charge in [-0.1, -0.05) is 32.8 Å². The normalized spacial score (nSPS) is 28.3. The number of benzene rings is 1. The molecule has 100 valence electrons. The number of aromatic hydroxyl groups is 1. The Kier molecular flexibility index (Phi) is 4.68. The lowest BCUT2D eigenvalue weighted by atomic mass is 9.78. The minimum atomic E-state index is 0.304. The van der Waals surface area contributed by atoms with Crippen LogP contribution in [-0.4, -0.2) is 11.1 Å². The van der Waals surface area contributed by atoms with Gasteiger partial charge in [-0.05, 0) is 51.9 Å². The van der Waals surface area contributed by atoms with E-state index in [4.69, 9.17) is 0 Å². The summed E-state index contributed by atoms with van der Waals surface area (Å²) in [6.45, 7) is 5.59. The fourth-order valence-electron chi connectivity index (χ4n) is 2.78. The van der Waals surface area contributed by atoms with Crippen molar-refractivity contribution in [2.24, 2.45) is 11.8 Å². The molecule has 0 aromatic heterocycles. The first-order valence-electron chi connectivity index (χ1n) is 6.78. The summed E-state index contributed by atoms with van der Waals surface area (Å²) in [7, 11) is 0.